The van der Waals surface area contributed by atoms with E-state index in [9.17, 15) is 4.79 Å². The monoisotopic (exact) mass is 248 g/mol. The number of likely N-dealkylation sites (tertiary alicyclic amines) is 1. The summed E-state index contributed by atoms with van der Waals surface area (Å²) < 4.78 is 1.98. The molecule has 0 atom stereocenters. The molecule has 1 aliphatic carbocycles. The van der Waals surface area contributed by atoms with Crippen LogP contribution in [0.25, 0.3) is 0 Å². The number of rotatable bonds is 2. The van der Waals surface area contributed by atoms with Crippen LogP contribution in [-0.4, -0.2) is 33.7 Å². The highest BCUT2D eigenvalue weighted by Gasteiger charge is 2.35. The summed E-state index contributed by atoms with van der Waals surface area (Å²) in [5.41, 5.74) is 7.47. The zero-order chi connectivity index (χ0) is 12.7. The normalized spacial score (nSPS) is 21.3. The highest BCUT2D eigenvalue weighted by Crippen LogP contribution is 2.33. The van der Waals surface area contributed by atoms with Gasteiger partial charge in [0.05, 0.1) is 17.4 Å². The molecular weight excluding hydrogens is 228 g/mol. The first-order chi connectivity index (χ1) is 8.65. The molecule has 0 radical (unpaired) electrons. The van der Waals surface area contributed by atoms with Gasteiger partial charge in [-0.05, 0) is 32.6 Å². The lowest BCUT2D eigenvalue weighted by Crippen LogP contribution is -2.39. The van der Waals surface area contributed by atoms with Gasteiger partial charge in [-0.3, -0.25) is 9.48 Å². The Balaban J connectivity index is 1.60. The van der Waals surface area contributed by atoms with E-state index in [0.29, 0.717) is 17.9 Å². The molecule has 0 unspecified atom stereocenters. The summed E-state index contributed by atoms with van der Waals surface area (Å²) in [5.74, 6) is 0.703. The average Bonchev–Trinajstić information content (AvgIpc) is 3.16. The second-order valence-electron chi connectivity index (χ2n) is 5.48. The SMILES string of the molecule is Cc1nn(C2CCN(C(=O)C3CC3)CC2)cc1N. The predicted molar refractivity (Wildman–Crippen MR) is 69.0 cm³/mol. The lowest BCUT2D eigenvalue weighted by molar-refractivity contribution is -0.133. The molecule has 98 valence electrons. The third-order valence-electron chi connectivity index (χ3n) is 4.03. The summed E-state index contributed by atoms with van der Waals surface area (Å²) in [6.07, 6.45) is 6.07. The van der Waals surface area contributed by atoms with Crippen molar-refractivity contribution in [2.75, 3.05) is 18.8 Å². The quantitative estimate of drug-likeness (QED) is 0.859. The Labute approximate surface area is 107 Å². The second kappa shape index (κ2) is 4.30. The van der Waals surface area contributed by atoms with Crippen LogP contribution >= 0.6 is 0 Å². The summed E-state index contributed by atoms with van der Waals surface area (Å²) in [4.78, 5) is 14.0. The molecule has 1 aliphatic heterocycles. The molecule has 2 fully saturated rings. The molecule has 2 heterocycles. The number of piperidine rings is 1. The van der Waals surface area contributed by atoms with Crippen molar-refractivity contribution in [1.29, 1.82) is 0 Å². The molecule has 2 N–H and O–H groups in total. The predicted octanol–water partition coefficient (Wildman–Crippen LogP) is 1.35. The molecule has 18 heavy (non-hydrogen) atoms. The number of nitrogens with zero attached hydrogens (tertiary/aromatic N) is 3. The van der Waals surface area contributed by atoms with Crippen molar-refractivity contribution in [3.63, 3.8) is 0 Å². The van der Waals surface area contributed by atoms with Crippen LogP contribution in [-0.2, 0) is 4.79 Å². The number of carbonyl (C=O) groups is 1. The van der Waals surface area contributed by atoms with Gasteiger partial charge in [0, 0.05) is 25.2 Å². The van der Waals surface area contributed by atoms with E-state index in [1.165, 1.54) is 0 Å². The van der Waals surface area contributed by atoms with Crippen LogP contribution in [0, 0.1) is 12.8 Å². The first kappa shape index (κ1) is 11.6. The molecule has 2 aliphatic rings. The van der Waals surface area contributed by atoms with Gasteiger partial charge < -0.3 is 10.6 Å². The zero-order valence-electron chi connectivity index (χ0n) is 10.8. The lowest BCUT2D eigenvalue weighted by atomic mass is 10.0. The number of amides is 1. The van der Waals surface area contributed by atoms with E-state index in [1.807, 2.05) is 22.7 Å². The van der Waals surface area contributed by atoms with Gasteiger partial charge in [0.25, 0.3) is 0 Å². The molecular formula is C13H20N4O. The standard InChI is InChI=1S/C13H20N4O/c1-9-12(14)8-17(15-9)11-4-6-16(7-5-11)13(18)10-2-3-10/h8,10-11H,2-7,14H2,1H3. The number of carbonyl (C=O) groups excluding carboxylic acids is 1. The van der Waals surface area contributed by atoms with Crippen LogP contribution < -0.4 is 5.73 Å². The molecule has 5 heteroatoms. The summed E-state index contributed by atoms with van der Waals surface area (Å²) in [6, 6.07) is 0.393. The largest absolute Gasteiger partial charge is 0.396 e. The fraction of sp³-hybridized carbons (Fsp3) is 0.692. The highest BCUT2D eigenvalue weighted by molar-refractivity contribution is 5.81. The number of aromatic nitrogens is 2. The van der Waals surface area contributed by atoms with E-state index >= 15 is 0 Å². The number of nitrogen functional groups attached to an aromatic ring is 1. The summed E-state index contributed by atoms with van der Waals surface area (Å²) in [5, 5.41) is 4.44. The Kier molecular flexibility index (Phi) is 2.76. The van der Waals surface area contributed by atoms with Gasteiger partial charge >= 0.3 is 0 Å². The van der Waals surface area contributed by atoms with Crippen LogP contribution in [0.15, 0.2) is 6.20 Å². The van der Waals surface area contributed by atoms with Crippen LogP contribution in [0.4, 0.5) is 5.69 Å². The van der Waals surface area contributed by atoms with Crippen molar-refractivity contribution in [3.8, 4) is 0 Å². The Hall–Kier alpha value is -1.52. The third-order valence-corrected chi connectivity index (χ3v) is 4.03. The molecule has 5 nitrogen and oxygen atoms in total. The maximum atomic E-state index is 11.9. The molecule has 0 spiro atoms. The number of hydrogen-bond acceptors (Lipinski definition) is 3. The minimum atomic E-state index is 0.337. The van der Waals surface area contributed by atoms with Crippen LogP contribution in [0.5, 0.6) is 0 Å². The topological polar surface area (TPSA) is 64.2 Å². The fourth-order valence-electron chi connectivity index (χ4n) is 2.62. The molecule has 0 bridgehead atoms. The maximum Gasteiger partial charge on any atom is 0.225 e. The number of nitrogens with two attached hydrogens (primary N) is 1. The van der Waals surface area contributed by atoms with Crippen LogP contribution in [0.1, 0.15) is 37.4 Å². The van der Waals surface area contributed by atoms with Gasteiger partial charge in [0.1, 0.15) is 0 Å². The minimum absolute atomic E-state index is 0.337. The third kappa shape index (κ3) is 2.09. The Morgan fingerprint density at radius 3 is 2.50 bits per heavy atom. The summed E-state index contributed by atoms with van der Waals surface area (Å²) >= 11 is 0. The number of aryl methyl sites for hydroxylation is 1. The Morgan fingerprint density at radius 2 is 2.00 bits per heavy atom. The van der Waals surface area contributed by atoms with E-state index in [1.54, 1.807) is 0 Å². The number of anilines is 1. The molecule has 3 rings (SSSR count). The first-order valence-corrected chi connectivity index (χ1v) is 6.75. The van der Waals surface area contributed by atoms with Gasteiger partial charge in [-0.1, -0.05) is 0 Å². The van der Waals surface area contributed by atoms with Crippen molar-refractivity contribution < 1.29 is 4.79 Å². The highest BCUT2D eigenvalue weighted by atomic mass is 16.2. The first-order valence-electron chi connectivity index (χ1n) is 6.75. The average molecular weight is 248 g/mol. The van der Waals surface area contributed by atoms with Gasteiger partial charge in [-0.25, -0.2) is 0 Å². The van der Waals surface area contributed by atoms with Gasteiger partial charge in [0.15, 0.2) is 0 Å². The fourth-order valence-corrected chi connectivity index (χ4v) is 2.62. The number of hydrogen-bond donors (Lipinski definition) is 1. The molecule has 0 aromatic carbocycles. The van der Waals surface area contributed by atoms with E-state index < -0.39 is 0 Å². The van der Waals surface area contributed by atoms with Crippen molar-refractivity contribution in [2.24, 2.45) is 5.92 Å². The van der Waals surface area contributed by atoms with Crippen molar-refractivity contribution in [2.45, 2.75) is 38.6 Å². The zero-order valence-corrected chi connectivity index (χ0v) is 10.8. The van der Waals surface area contributed by atoms with Crippen molar-refractivity contribution in [1.82, 2.24) is 14.7 Å². The molecule has 1 saturated heterocycles. The Bertz CT molecular complexity index is 436. The smallest absolute Gasteiger partial charge is 0.225 e. The van der Waals surface area contributed by atoms with Gasteiger partial charge in [-0.15, -0.1) is 0 Å². The van der Waals surface area contributed by atoms with Crippen molar-refractivity contribution in [3.05, 3.63) is 11.9 Å². The minimum Gasteiger partial charge on any atom is -0.396 e. The van der Waals surface area contributed by atoms with E-state index in [-0.39, 0.29) is 0 Å². The van der Waals surface area contributed by atoms with Gasteiger partial charge in [-0.2, -0.15) is 5.10 Å². The van der Waals surface area contributed by atoms with Crippen LogP contribution in [0.3, 0.4) is 0 Å². The maximum absolute atomic E-state index is 11.9. The summed E-state index contributed by atoms with van der Waals surface area (Å²) in [7, 11) is 0. The lowest BCUT2D eigenvalue weighted by Gasteiger charge is -2.32. The van der Waals surface area contributed by atoms with E-state index in [4.69, 9.17) is 5.73 Å². The summed E-state index contributed by atoms with van der Waals surface area (Å²) in [6.45, 7) is 3.65. The van der Waals surface area contributed by atoms with E-state index in [0.717, 1.165) is 50.2 Å². The molecule has 1 amide bonds. The molecule has 1 aromatic rings. The second-order valence-corrected chi connectivity index (χ2v) is 5.48. The molecule has 1 aromatic heterocycles. The van der Waals surface area contributed by atoms with Crippen molar-refractivity contribution >= 4 is 11.6 Å². The van der Waals surface area contributed by atoms with Crippen LogP contribution in [0.2, 0.25) is 0 Å². The van der Waals surface area contributed by atoms with E-state index in [2.05, 4.69) is 5.10 Å². The molecule has 1 saturated carbocycles. The van der Waals surface area contributed by atoms with Gasteiger partial charge in [0.2, 0.25) is 5.91 Å². The Morgan fingerprint density at radius 1 is 1.33 bits per heavy atom.